The molecule has 2 aromatic carbocycles. The molecule has 0 saturated heterocycles. The second kappa shape index (κ2) is 5.62. The maximum Gasteiger partial charge on any atom is 0.194 e. The molecule has 3 rings (SSSR count). The van der Waals surface area contributed by atoms with Gasteiger partial charge in [0.15, 0.2) is 5.78 Å². The Balaban J connectivity index is 2.44. The van der Waals surface area contributed by atoms with Crippen LogP contribution >= 0.6 is 11.8 Å². The molecule has 1 aliphatic rings. The summed E-state index contributed by atoms with van der Waals surface area (Å²) in [5, 5.41) is 0. The summed E-state index contributed by atoms with van der Waals surface area (Å²) in [5.74, 6) is 0.0345. The van der Waals surface area contributed by atoms with Crippen molar-refractivity contribution >= 4 is 33.9 Å². The van der Waals surface area contributed by atoms with E-state index in [0.717, 1.165) is 20.9 Å². The lowest BCUT2D eigenvalue weighted by Gasteiger charge is -2.23. The lowest BCUT2D eigenvalue weighted by molar-refractivity contribution is 0.103. The van der Waals surface area contributed by atoms with Gasteiger partial charge in [0.05, 0.1) is 15.0 Å². The Morgan fingerprint density at radius 3 is 1.71 bits per heavy atom. The van der Waals surface area contributed by atoms with Gasteiger partial charge in [-0.3, -0.25) is 9.00 Å². The molecule has 1 aliphatic carbocycles. The van der Waals surface area contributed by atoms with E-state index in [4.69, 9.17) is 0 Å². The molecule has 2 aromatic rings. The molecule has 0 spiro atoms. The molecule has 0 aliphatic heterocycles. The van der Waals surface area contributed by atoms with Crippen LogP contribution in [0.25, 0.3) is 5.57 Å². The van der Waals surface area contributed by atoms with E-state index < -0.39 is 10.8 Å². The lowest BCUT2D eigenvalue weighted by atomic mass is 9.82. The van der Waals surface area contributed by atoms with Gasteiger partial charge < -0.3 is 0 Å². The van der Waals surface area contributed by atoms with Crippen LogP contribution in [0, 0.1) is 0 Å². The molecule has 0 radical (unpaired) electrons. The zero-order valence-corrected chi connectivity index (χ0v) is 13.4. The third-order valence-corrected chi connectivity index (χ3v) is 6.04. The molecule has 1 atom stereocenters. The van der Waals surface area contributed by atoms with Crippen molar-refractivity contribution in [1.29, 1.82) is 0 Å². The van der Waals surface area contributed by atoms with Crippen molar-refractivity contribution in [2.24, 2.45) is 0 Å². The van der Waals surface area contributed by atoms with Crippen molar-refractivity contribution in [3.63, 3.8) is 0 Å². The van der Waals surface area contributed by atoms with E-state index in [9.17, 15) is 9.00 Å². The molecule has 2 nitrogen and oxygen atoms in total. The fourth-order valence-corrected chi connectivity index (χ4v) is 4.54. The van der Waals surface area contributed by atoms with Gasteiger partial charge in [0.1, 0.15) is 0 Å². The highest BCUT2D eigenvalue weighted by molar-refractivity contribution is 8.16. The first-order valence-electron chi connectivity index (χ1n) is 6.50. The van der Waals surface area contributed by atoms with E-state index in [1.54, 1.807) is 6.26 Å². The van der Waals surface area contributed by atoms with E-state index in [1.807, 2.05) is 54.8 Å². The summed E-state index contributed by atoms with van der Waals surface area (Å²) in [4.78, 5) is 12.6. The quantitative estimate of drug-likeness (QED) is 0.723. The van der Waals surface area contributed by atoms with Gasteiger partial charge in [-0.05, 0) is 17.4 Å². The average molecular weight is 314 g/mol. The summed E-state index contributed by atoms with van der Waals surface area (Å²) in [6, 6.07) is 15.1. The van der Waals surface area contributed by atoms with Crippen LogP contribution in [0.5, 0.6) is 0 Å². The third-order valence-electron chi connectivity index (χ3n) is 3.53. The van der Waals surface area contributed by atoms with Crippen molar-refractivity contribution in [3.8, 4) is 0 Å². The topological polar surface area (TPSA) is 34.1 Å². The third kappa shape index (κ3) is 2.28. The van der Waals surface area contributed by atoms with Crippen LogP contribution in [-0.4, -0.2) is 22.5 Å². The highest BCUT2D eigenvalue weighted by Gasteiger charge is 2.29. The molecular formula is C17H14O2S2. The number of hydrogen-bond acceptors (Lipinski definition) is 3. The monoisotopic (exact) mass is 314 g/mol. The van der Waals surface area contributed by atoms with Crippen LogP contribution in [-0.2, 0) is 10.8 Å². The minimum absolute atomic E-state index is 0.0345. The zero-order chi connectivity index (χ0) is 15.0. The zero-order valence-electron chi connectivity index (χ0n) is 11.8. The molecule has 0 bridgehead atoms. The minimum atomic E-state index is -1.10. The highest BCUT2D eigenvalue weighted by Crippen LogP contribution is 2.40. The van der Waals surface area contributed by atoms with Gasteiger partial charge in [-0.2, -0.15) is 0 Å². The summed E-state index contributed by atoms with van der Waals surface area (Å²) in [7, 11) is -1.10. The molecule has 106 valence electrons. The van der Waals surface area contributed by atoms with Crippen LogP contribution < -0.4 is 0 Å². The van der Waals surface area contributed by atoms with Gasteiger partial charge >= 0.3 is 0 Å². The lowest BCUT2D eigenvalue weighted by Crippen LogP contribution is -2.15. The number of fused-ring (bicyclic) bond motifs is 2. The fraction of sp³-hybridized carbons (Fsp3) is 0.118. The van der Waals surface area contributed by atoms with E-state index in [2.05, 4.69) is 0 Å². The van der Waals surface area contributed by atoms with Crippen LogP contribution in [0.1, 0.15) is 27.0 Å². The number of carbonyl (C=O) groups is 1. The first-order valence-corrected chi connectivity index (χ1v) is 9.28. The number of ketones is 1. The fourth-order valence-electron chi connectivity index (χ4n) is 2.67. The van der Waals surface area contributed by atoms with Gasteiger partial charge in [-0.15, -0.1) is 11.8 Å². The molecule has 0 heterocycles. The van der Waals surface area contributed by atoms with Crippen molar-refractivity contribution in [3.05, 3.63) is 75.0 Å². The molecule has 4 heteroatoms. The number of carbonyl (C=O) groups excluding carboxylic acids is 1. The summed E-state index contributed by atoms with van der Waals surface area (Å²) in [6.45, 7) is 0. The van der Waals surface area contributed by atoms with Crippen LogP contribution in [0.2, 0.25) is 0 Å². The first kappa shape index (κ1) is 14.3. The van der Waals surface area contributed by atoms with Crippen LogP contribution in [0.15, 0.2) is 52.8 Å². The predicted molar refractivity (Wildman–Crippen MR) is 89.9 cm³/mol. The van der Waals surface area contributed by atoms with Crippen LogP contribution in [0.3, 0.4) is 0 Å². The van der Waals surface area contributed by atoms with Gasteiger partial charge in [-0.1, -0.05) is 48.5 Å². The minimum Gasteiger partial charge on any atom is -0.289 e. The Kier molecular flexibility index (Phi) is 3.83. The van der Waals surface area contributed by atoms with Gasteiger partial charge in [0.2, 0.25) is 0 Å². The number of thioether (sulfide) groups is 1. The second-order valence-corrected chi connectivity index (χ2v) is 7.13. The van der Waals surface area contributed by atoms with Crippen molar-refractivity contribution in [2.75, 3.05) is 12.5 Å². The summed E-state index contributed by atoms with van der Waals surface area (Å²) >= 11 is 1.48. The average Bonchev–Trinajstić information content (AvgIpc) is 2.51. The number of hydrogen-bond donors (Lipinski definition) is 0. The molecule has 21 heavy (non-hydrogen) atoms. The van der Waals surface area contributed by atoms with E-state index in [1.165, 1.54) is 11.8 Å². The maximum atomic E-state index is 12.6. The first-order chi connectivity index (χ1) is 10.1. The molecule has 0 amide bonds. The predicted octanol–water partition coefficient (Wildman–Crippen LogP) is 3.69. The smallest absolute Gasteiger partial charge is 0.194 e. The van der Waals surface area contributed by atoms with Gasteiger partial charge in [0, 0.05) is 23.0 Å². The van der Waals surface area contributed by atoms with Gasteiger partial charge in [-0.25, -0.2) is 0 Å². The summed E-state index contributed by atoms with van der Waals surface area (Å²) < 4.78 is 12.9. The maximum absolute atomic E-state index is 12.6. The highest BCUT2D eigenvalue weighted by atomic mass is 32.2. The molecule has 0 saturated carbocycles. The van der Waals surface area contributed by atoms with Crippen molar-refractivity contribution in [1.82, 2.24) is 0 Å². The molecular weight excluding hydrogens is 300 g/mol. The largest absolute Gasteiger partial charge is 0.289 e. The molecule has 1 unspecified atom stereocenters. The normalized spacial score (nSPS) is 14.4. The van der Waals surface area contributed by atoms with E-state index >= 15 is 0 Å². The number of rotatable bonds is 2. The van der Waals surface area contributed by atoms with E-state index in [-0.39, 0.29) is 5.78 Å². The van der Waals surface area contributed by atoms with Gasteiger partial charge in [0.25, 0.3) is 0 Å². The molecule has 0 fully saturated rings. The Hall–Kier alpha value is -1.65. The van der Waals surface area contributed by atoms with Crippen molar-refractivity contribution < 1.29 is 9.00 Å². The van der Waals surface area contributed by atoms with Crippen molar-refractivity contribution in [2.45, 2.75) is 0 Å². The Bertz CT molecular complexity index is 739. The Morgan fingerprint density at radius 2 is 1.33 bits per heavy atom. The standard InChI is InChI=1S/C17H14O2S2/c1-20-17(21(2)19)15-11-7-3-5-9-13(11)16(18)14-10-6-4-8-12(14)15/h3-10H,1-2H3. The number of benzene rings is 2. The SMILES string of the molecule is CSC(=C1c2ccccc2C(=O)c2ccccc21)S(C)=O. The Morgan fingerprint density at radius 1 is 0.905 bits per heavy atom. The van der Waals surface area contributed by atoms with Crippen LogP contribution in [0.4, 0.5) is 0 Å². The molecule has 0 N–H and O–H groups in total. The van der Waals surface area contributed by atoms with E-state index in [0.29, 0.717) is 11.1 Å². The summed E-state index contributed by atoms with van der Waals surface area (Å²) in [5.41, 5.74) is 4.04. The second-order valence-electron chi connectivity index (χ2n) is 4.74. The summed E-state index contributed by atoms with van der Waals surface area (Å²) in [6.07, 6.45) is 3.60. The Labute approximate surface area is 130 Å². The molecule has 0 aromatic heterocycles.